The summed E-state index contributed by atoms with van der Waals surface area (Å²) in [4.78, 5) is 17.1. The van der Waals surface area contributed by atoms with Crippen molar-refractivity contribution < 1.29 is 4.79 Å². The summed E-state index contributed by atoms with van der Waals surface area (Å²) in [5.41, 5.74) is 0.794. The molecule has 1 aromatic rings. The summed E-state index contributed by atoms with van der Waals surface area (Å²) in [6.45, 7) is 6.72. The molecule has 0 aliphatic carbocycles. The molecule has 0 N–H and O–H groups in total. The van der Waals surface area contributed by atoms with E-state index >= 15 is 0 Å². The number of likely N-dealkylation sites (tertiary alicyclic amines) is 2. The zero-order valence-corrected chi connectivity index (χ0v) is 11.5. The largest absolute Gasteiger partial charge is 0.347 e. The molecule has 1 amide bonds. The van der Waals surface area contributed by atoms with Crippen LogP contribution in [0.15, 0.2) is 31.0 Å². The van der Waals surface area contributed by atoms with E-state index in [1.54, 1.807) is 0 Å². The van der Waals surface area contributed by atoms with Crippen LogP contribution in [-0.4, -0.2) is 52.0 Å². The molecule has 0 radical (unpaired) electrons. The summed E-state index contributed by atoms with van der Waals surface area (Å²) in [5.74, 6) is 0.181. The lowest BCUT2D eigenvalue weighted by molar-refractivity contribution is 0.0723. The molecular formula is C15H21N3O. The summed E-state index contributed by atoms with van der Waals surface area (Å²) in [7, 11) is 1.93. The standard InChI is InChI=1S/C15H21N3O/c1-3-8-17-10-6-13-12(17)7-11-18(13)15(19)14-5-4-9-16(14)2/h3-5,9,12-13H,1,6-8,10-11H2,2H3/t12-,13+/m1/s1. The van der Waals surface area contributed by atoms with Gasteiger partial charge in [-0.05, 0) is 25.0 Å². The molecule has 4 heteroatoms. The quantitative estimate of drug-likeness (QED) is 0.770. The number of carbonyl (C=O) groups is 1. The van der Waals surface area contributed by atoms with Gasteiger partial charge >= 0.3 is 0 Å². The number of aryl methyl sites for hydroxylation is 1. The van der Waals surface area contributed by atoms with Gasteiger partial charge in [0, 0.05) is 45.0 Å². The third-order valence-corrected chi connectivity index (χ3v) is 4.48. The first kappa shape index (κ1) is 12.5. The van der Waals surface area contributed by atoms with Gasteiger partial charge in [-0.15, -0.1) is 6.58 Å². The molecule has 2 fully saturated rings. The van der Waals surface area contributed by atoms with Crippen molar-refractivity contribution in [1.82, 2.24) is 14.4 Å². The molecule has 0 spiro atoms. The lowest BCUT2D eigenvalue weighted by atomic mass is 10.1. The SMILES string of the molecule is C=CCN1CC[C@H]2[C@H]1CCN2C(=O)c1cccn1C. The number of aromatic nitrogens is 1. The highest BCUT2D eigenvalue weighted by atomic mass is 16.2. The Bertz CT molecular complexity index is 493. The maximum Gasteiger partial charge on any atom is 0.270 e. The van der Waals surface area contributed by atoms with E-state index in [-0.39, 0.29) is 5.91 Å². The highest BCUT2D eigenvalue weighted by Crippen LogP contribution is 2.32. The summed E-state index contributed by atoms with van der Waals surface area (Å²) in [6.07, 6.45) is 6.08. The molecule has 102 valence electrons. The molecule has 0 aromatic carbocycles. The molecule has 4 nitrogen and oxygen atoms in total. The van der Waals surface area contributed by atoms with Crippen molar-refractivity contribution in [3.63, 3.8) is 0 Å². The Morgan fingerprint density at radius 2 is 2.21 bits per heavy atom. The van der Waals surface area contributed by atoms with E-state index in [0.717, 1.165) is 38.2 Å². The number of fused-ring (bicyclic) bond motifs is 1. The lowest BCUT2D eigenvalue weighted by Gasteiger charge is -2.25. The molecule has 2 saturated heterocycles. The van der Waals surface area contributed by atoms with Crippen molar-refractivity contribution in [3.05, 3.63) is 36.7 Å². The van der Waals surface area contributed by atoms with Gasteiger partial charge in [-0.25, -0.2) is 0 Å². The minimum Gasteiger partial charge on any atom is -0.347 e. The molecule has 1 aromatic heterocycles. The summed E-state index contributed by atoms with van der Waals surface area (Å²) in [5, 5.41) is 0. The Hall–Kier alpha value is -1.55. The van der Waals surface area contributed by atoms with Gasteiger partial charge in [-0.2, -0.15) is 0 Å². The van der Waals surface area contributed by atoms with E-state index in [0.29, 0.717) is 12.1 Å². The van der Waals surface area contributed by atoms with Gasteiger partial charge in [0.2, 0.25) is 0 Å². The van der Waals surface area contributed by atoms with Crippen molar-refractivity contribution in [3.8, 4) is 0 Å². The molecule has 0 saturated carbocycles. The fraction of sp³-hybridized carbons (Fsp3) is 0.533. The van der Waals surface area contributed by atoms with E-state index in [9.17, 15) is 4.79 Å². The van der Waals surface area contributed by atoms with Gasteiger partial charge in [0.1, 0.15) is 5.69 Å². The third kappa shape index (κ3) is 2.00. The summed E-state index contributed by atoms with van der Waals surface area (Å²) >= 11 is 0. The van der Waals surface area contributed by atoms with Crippen LogP contribution in [0.4, 0.5) is 0 Å². The van der Waals surface area contributed by atoms with Crippen LogP contribution in [0, 0.1) is 0 Å². The van der Waals surface area contributed by atoms with Crippen LogP contribution in [0.2, 0.25) is 0 Å². The maximum atomic E-state index is 12.6. The van der Waals surface area contributed by atoms with Crippen LogP contribution in [0.5, 0.6) is 0 Å². The second-order valence-corrected chi connectivity index (χ2v) is 5.50. The van der Waals surface area contributed by atoms with E-state index < -0.39 is 0 Å². The number of hydrogen-bond acceptors (Lipinski definition) is 2. The van der Waals surface area contributed by atoms with Crippen molar-refractivity contribution in [2.45, 2.75) is 24.9 Å². The van der Waals surface area contributed by atoms with Crippen LogP contribution >= 0.6 is 0 Å². The van der Waals surface area contributed by atoms with Crippen molar-refractivity contribution in [2.24, 2.45) is 7.05 Å². The van der Waals surface area contributed by atoms with Crippen LogP contribution in [0.1, 0.15) is 23.3 Å². The number of rotatable bonds is 3. The first-order chi connectivity index (χ1) is 9.22. The van der Waals surface area contributed by atoms with Crippen LogP contribution in [0.25, 0.3) is 0 Å². The van der Waals surface area contributed by atoms with E-state index in [1.165, 1.54) is 0 Å². The minimum absolute atomic E-state index is 0.181. The number of hydrogen-bond donors (Lipinski definition) is 0. The smallest absolute Gasteiger partial charge is 0.270 e. The summed E-state index contributed by atoms with van der Waals surface area (Å²) in [6, 6.07) is 4.76. The number of carbonyl (C=O) groups excluding carboxylic acids is 1. The highest BCUT2D eigenvalue weighted by Gasteiger charge is 2.44. The normalized spacial score (nSPS) is 26.7. The molecule has 3 heterocycles. The van der Waals surface area contributed by atoms with E-state index in [1.807, 2.05) is 36.0 Å². The molecule has 3 rings (SSSR count). The number of amides is 1. The third-order valence-electron chi connectivity index (χ3n) is 4.48. The van der Waals surface area contributed by atoms with Gasteiger partial charge < -0.3 is 9.47 Å². The minimum atomic E-state index is 0.181. The Morgan fingerprint density at radius 3 is 2.89 bits per heavy atom. The van der Waals surface area contributed by atoms with Gasteiger partial charge in [-0.3, -0.25) is 9.69 Å². The zero-order valence-electron chi connectivity index (χ0n) is 11.5. The number of nitrogens with zero attached hydrogens (tertiary/aromatic N) is 3. The van der Waals surface area contributed by atoms with E-state index in [2.05, 4.69) is 16.4 Å². The van der Waals surface area contributed by atoms with Crippen molar-refractivity contribution in [2.75, 3.05) is 19.6 Å². The Morgan fingerprint density at radius 1 is 1.42 bits per heavy atom. The van der Waals surface area contributed by atoms with E-state index in [4.69, 9.17) is 0 Å². The zero-order chi connectivity index (χ0) is 13.4. The first-order valence-electron chi connectivity index (χ1n) is 6.99. The molecular weight excluding hydrogens is 238 g/mol. The predicted molar refractivity (Wildman–Crippen MR) is 75.0 cm³/mol. The molecule has 0 unspecified atom stereocenters. The fourth-order valence-electron chi connectivity index (χ4n) is 3.55. The topological polar surface area (TPSA) is 28.5 Å². The van der Waals surface area contributed by atoms with Gasteiger partial charge in [0.15, 0.2) is 0 Å². The van der Waals surface area contributed by atoms with Crippen LogP contribution < -0.4 is 0 Å². The molecule has 2 atom stereocenters. The second kappa shape index (κ2) is 4.85. The van der Waals surface area contributed by atoms with Gasteiger partial charge in [-0.1, -0.05) is 6.08 Å². The Kier molecular flexibility index (Phi) is 3.19. The molecule has 2 aliphatic heterocycles. The second-order valence-electron chi connectivity index (χ2n) is 5.50. The maximum absolute atomic E-state index is 12.6. The molecule has 19 heavy (non-hydrogen) atoms. The Labute approximate surface area is 114 Å². The summed E-state index contributed by atoms with van der Waals surface area (Å²) < 4.78 is 1.91. The first-order valence-corrected chi connectivity index (χ1v) is 6.99. The van der Waals surface area contributed by atoms with Crippen LogP contribution in [-0.2, 0) is 7.05 Å². The van der Waals surface area contributed by atoms with Gasteiger partial charge in [0.25, 0.3) is 5.91 Å². The molecule has 0 bridgehead atoms. The van der Waals surface area contributed by atoms with Gasteiger partial charge in [0.05, 0.1) is 0 Å². The highest BCUT2D eigenvalue weighted by molar-refractivity contribution is 5.93. The van der Waals surface area contributed by atoms with Crippen molar-refractivity contribution in [1.29, 1.82) is 0 Å². The monoisotopic (exact) mass is 259 g/mol. The average molecular weight is 259 g/mol. The average Bonchev–Trinajstić information content (AvgIpc) is 3.06. The molecule has 2 aliphatic rings. The Balaban J connectivity index is 1.76. The fourth-order valence-corrected chi connectivity index (χ4v) is 3.55. The lowest BCUT2D eigenvalue weighted by Crippen LogP contribution is -2.40. The van der Waals surface area contributed by atoms with Crippen LogP contribution in [0.3, 0.4) is 0 Å². The predicted octanol–water partition coefficient (Wildman–Crippen LogP) is 1.50. The van der Waals surface area contributed by atoms with Crippen molar-refractivity contribution >= 4 is 5.91 Å².